The van der Waals surface area contributed by atoms with Crippen LogP contribution in [0.3, 0.4) is 0 Å². The van der Waals surface area contributed by atoms with Gasteiger partial charge >= 0.3 is 0 Å². The van der Waals surface area contributed by atoms with Crippen molar-refractivity contribution in [2.45, 2.75) is 20.3 Å². The topological polar surface area (TPSA) is 49.9 Å². The van der Waals surface area contributed by atoms with Gasteiger partial charge in [-0.25, -0.2) is 0 Å². The zero-order valence-electron chi connectivity index (χ0n) is 13.8. The lowest BCUT2D eigenvalue weighted by Gasteiger charge is -2.20. The van der Waals surface area contributed by atoms with Gasteiger partial charge in [0.1, 0.15) is 5.75 Å². The summed E-state index contributed by atoms with van der Waals surface area (Å²) in [6.07, 6.45) is 4.23. The van der Waals surface area contributed by atoms with Crippen LogP contribution in [0.1, 0.15) is 25.8 Å². The lowest BCUT2D eigenvalue weighted by molar-refractivity contribution is -0.130. The van der Waals surface area contributed by atoms with Crippen LogP contribution in [-0.2, 0) is 9.59 Å². The van der Waals surface area contributed by atoms with E-state index in [1.54, 1.807) is 22.8 Å². The van der Waals surface area contributed by atoms with Crippen LogP contribution in [0.2, 0.25) is 0 Å². The van der Waals surface area contributed by atoms with Gasteiger partial charge in [0.05, 0.1) is 6.61 Å². The Morgan fingerprint density at radius 2 is 1.74 bits per heavy atom. The van der Waals surface area contributed by atoms with Crippen molar-refractivity contribution in [2.24, 2.45) is 0 Å². The average molecular weight is 316 g/mol. The van der Waals surface area contributed by atoms with Gasteiger partial charge in [0, 0.05) is 39.2 Å². The molecule has 0 atom stereocenters. The predicted octanol–water partition coefficient (Wildman–Crippen LogP) is 2.18. The summed E-state index contributed by atoms with van der Waals surface area (Å²) in [6.45, 7) is 6.77. The predicted molar refractivity (Wildman–Crippen MR) is 90.1 cm³/mol. The van der Waals surface area contributed by atoms with E-state index in [4.69, 9.17) is 4.74 Å². The minimum absolute atomic E-state index is 0.00992. The van der Waals surface area contributed by atoms with Gasteiger partial charge in [-0.2, -0.15) is 0 Å². The van der Waals surface area contributed by atoms with Crippen molar-refractivity contribution in [1.29, 1.82) is 0 Å². The second-order valence-electron chi connectivity index (χ2n) is 5.52. The largest absolute Gasteiger partial charge is 0.494 e. The van der Waals surface area contributed by atoms with Gasteiger partial charge < -0.3 is 14.5 Å². The SMILES string of the molecule is CCOc1ccc(/C=C/C(=O)N2CCCN(C(C)=O)CC2)cc1. The Kier molecular flexibility index (Phi) is 6.20. The normalized spacial score (nSPS) is 15.6. The van der Waals surface area contributed by atoms with E-state index >= 15 is 0 Å². The Hall–Kier alpha value is -2.30. The van der Waals surface area contributed by atoms with Crippen molar-refractivity contribution in [2.75, 3.05) is 32.8 Å². The molecule has 0 bridgehead atoms. The van der Waals surface area contributed by atoms with Gasteiger partial charge in [-0.1, -0.05) is 12.1 Å². The Balaban J connectivity index is 1.91. The van der Waals surface area contributed by atoms with E-state index in [0.29, 0.717) is 26.2 Å². The van der Waals surface area contributed by atoms with Crippen molar-refractivity contribution in [3.8, 4) is 5.75 Å². The first-order valence-corrected chi connectivity index (χ1v) is 8.05. The molecule has 0 aromatic heterocycles. The van der Waals surface area contributed by atoms with Gasteiger partial charge in [-0.05, 0) is 37.1 Å². The van der Waals surface area contributed by atoms with E-state index in [1.807, 2.05) is 37.3 Å². The lowest BCUT2D eigenvalue weighted by Crippen LogP contribution is -2.35. The molecule has 0 N–H and O–H groups in total. The first kappa shape index (κ1) is 17.1. The molecule has 0 radical (unpaired) electrons. The number of nitrogens with zero attached hydrogens (tertiary/aromatic N) is 2. The maximum atomic E-state index is 12.3. The lowest BCUT2D eigenvalue weighted by atomic mass is 10.2. The van der Waals surface area contributed by atoms with E-state index in [0.717, 1.165) is 24.3 Å². The molecule has 0 aliphatic carbocycles. The standard InChI is InChI=1S/C18H24N2O3/c1-3-23-17-8-5-16(6-9-17)7-10-18(22)20-12-4-11-19(13-14-20)15(2)21/h5-10H,3-4,11-14H2,1-2H3/b10-7+. The molecular formula is C18H24N2O3. The van der Waals surface area contributed by atoms with E-state index in [9.17, 15) is 9.59 Å². The molecule has 1 saturated heterocycles. The van der Waals surface area contributed by atoms with Crippen LogP contribution >= 0.6 is 0 Å². The maximum absolute atomic E-state index is 12.3. The number of hydrogen-bond donors (Lipinski definition) is 0. The second kappa shape index (κ2) is 8.36. The third-order valence-corrected chi connectivity index (χ3v) is 3.86. The highest BCUT2D eigenvalue weighted by Crippen LogP contribution is 2.13. The zero-order chi connectivity index (χ0) is 16.7. The third-order valence-electron chi connectivity index (χ3n) is 3.86. The molecule has 5 nitrogen and oxygen atoms in total. The van der Waals surface area contributed by atoms with Crippen LogP contribution in [-0.4, -0.2) is 54.4 Å². The van der Waals surface area contributed by atoms with Crippen LogP contribution in [0.15, 0.2) is 30.3 Å². The molecule has 0 saturated carbocycles. The summed E-state index contributed by atoms with van der Waals surface area (Å²) >= 11 is 0. The van der Waals surface area contributed by atoms with Gasteiger partial charge in [0.15, 0.2) is 0 Å². The Morgan fingerprint density at radius 3 is 2.39 bits per heavy atom. The van der Waals surface area contributed by atoms with Crippen LogP contribution in [0.4, 0.5) is 0 Å². The minimum atomic E-state index is -0.00992. The van der Waals surface area contributed by atoms with E-state index < -0.39 is 0 Å². The minimum Gasteiger partial charge on any atom is -0.494 e. The summed E-state index contributed by atoms with van der Waals surface area (Å²) in [7, 11) is 0. The highest BCUT2D eigenvalue weighted by atomic mass is 16.5. The summed E-state index contributed by atoms with van der Waals surface area (Å²) in [5, 5.41) is 0. The number of rotatable bonds is 4. The van der Waals surface area contributed by atoms with Gasteiger partial charge in [0.2, 0.25) is 11.8 Å². The van der Waals surface area contributed by atoms with E-state index in [2.05, 4.69) is 0 Å². The molecule has 1 aliphatic heterocycles. The molecule has 5 heteroatoms. The monoisotopic (exact) mass is 316 g/mol. The molecule has 0 unspecified atom stereocenters. The van der Waals surface area contributed by atoms with Crippen LogP contribution in [0.5, 0.6) is 5.75 Å². The number of hydrogen-bond acceptors (Lipinski definition) is 3. The molecule has 1 heterocycles. The summed E-state index contributed by atoms with van der Waals surface area (Å²) in [4.78, 5) is 27.3. The van der Waals surface area contributed by atoms with Crippen LogP contribution in [0, 0.1) is 0 Å². The van der Waals surface area contributed by atoms with Crippen LogP contribution in [0.25, 0.3) is 6.08 Å². The fourth-order valence-electron chi connectivity index (χ4n) is 2.57. The molecular weight excluding hydrogens is 292 g/mol. The number of carbonyl (C=O) groups is 2. The van der Waals surface area contributed by atoms with Gasteiger partial charge in [-0.15, -0.1) is 0 Å². The third kappa shape index (κ3) is 5.13. The highest BCUT2D eigenvalue weighted by Gasteiger charge is 2.18. The Morgan fingerprint density at radius 1 is 1.09 bits per heavy atom. The Labute approximate surface area is 137 Å². The summed E-state index contributed by atoms with van der Waals surface area (Å²) < 4.78 is 5.39. The molecule has 1 aromatic rings. The fourth-order valence-corrected chi connectivity index (χ4v) is 2.57. The van der Waals surface area contributed by atoms with Gasteiger partial charge in [0.25, 0.3) is 0 Å². The first-order valence-electron chi connectivity index (χ1n) is 8.05. The van der Waals surface area contributed by atoms with Crippen LogP contribution < -0.4 is 4.74 Å². The molecule has 23 heavy (non-hydrogen) atoms. The number of carbonyl (C=O) groups excluding carboxylic acids is 2. The summed E-state index contributed by atoms with van der Waals surface area (Å²) in [6, 6.07) is 7.64. The van der Waals surface area contributed by atoms with Crippen molar-refractivity contribution in [3.05, 3.63) is 35.9 Å². The van der Waals surface area contributed by atoms with E-state index in [1.165, 1.54) is 0 Å². The van der Waals surface area contributed by atoms with Crippen molar-refractivity contribution < 1.29 is 14.3 Å². The number of benzene rings is 1. The molecule has 1 aliphatic rings. The smallest absolute Gasteiger partial charge is 0.246 e. The molecule has 0 spiro atoms. The quantitative estimate of drug-likeness (QED) is 0.800. The highest BCUT2D eigenvalue weighted by molar-refractivity contribution is 5.91. The Bertz CT molecular complexity index is 566. The fraction of sp³-hybridized carbons (Fsp3) is 0.444. The van der Waals surface area contributed by atoms with Crippen molar-refractivity contribution in [1.82, 2.24) is 9.80 Å². The molecule has 2 amide bonds. The van der Waals surface area contributed by atoms with Gasteiger partial charge in [-0.3, -0.25) is 9.59 Å². The van der Waals surface area contributed by atoms with Crippen molar-refractivity contribution >= 4 is 17.9 Å². The summed E-state index contributed by atoms with van der Waals surface area (Å²) in [5.41, 5.74) is 0.960. The average Bonchev–Trinajstić information content (AvgIpc) is 2.80. The molecule has 1 fully saturated rings. The second-order valence-corrected chi connectivity index (χ2v) is 5.52. The zero-order valence-corrected chi connectivity index (χ0v) is 13.8. The molecule has 2 rings (SSSR count). The van der Waals surface area contributed by atoms with E-state index in [-0.39, 0.29) is 11.8 Å². The maximum Gasteiger partial charge on any atom is 0.246 e. The summed E-state index contributed by atoms with van der Waals surface area (Å²) in [5.74, 6) is 0.890. The number of amides is 2. The molecule has 1 aromatic carbocycles. The first-order chi connectivity index (χ1) is 11.1. The number of ether oxygens (including phenoxy) is 1. The van der Waals surface area contributed by atoms with Crippen molar-refractivity contribution in [3.63, 3.8) is 0 Å². The molecule has 124 valence electrons.